The zero-order chi connectivity index (χ0) is 21.4. The molecule has 1 saturated heterocycles. The molecule has 29 heavy (non-hydrogen) atoms. The number of rotatable bonds is 5. The number of piperazine rings is 1. The summed E-state index contributed by atoms with van der Waals surface area (Å²) in [6.07, 6.45) is -0.645. The van der Waals surface area contributed by atoms with Gasteiger partial charge in [0.15, 0.2) is 0 Å². The third-order valence-corrected chi connectivity index (χ3v) is 4.20. The van der Waals surface area contributed by atoms with Gasteiger partial charge in [0.25, 0.3) is 5.91 Å². The molecule has 0 bridgehead atoms. The first kappa shape index (κ1) is 22.2. The van der Waals surface area contributed by atoms with Crippen LogP contribution in [0.25, 0.3) is 0 Å². The number of benzene rings is 1. The summed E-state index contributed by atoms with van der Waals surface area (Å²) in [7, 11) is 0. The Labute approximate surface area is 170 Å². The van der Waals surface area contributed by atoms with Crippen molar-refractivity contribution in [3.8, 4) is 0 Å². The minimum absolute atomic E-state index is 0.0954. The van der Waals surface area contributed by atoms with Gasteiger partial charge in [-0.1, -0.05) is 18.2 Å². The predicted molar refractivity (Wildman–Crippen MR) is 106 cm³/mol. The van der Waals surface area contributed by atoms with Gasteiger partial charge in [-0.15, -0.1) is 0 Å². The molecule has 1 aliphatic heterocycles. The van der Waals surface area contributed by atoms with E-state index in [4.69, 9.17) is 4.74 Å². The second-order valence-electron chi connectivity index (χ2n) is 7.67. The highest BCUT2D eigenvalue weighted by Crippen LogP contribution is 2.07. The summed E-state index contributed by atoms with van der Waals surface area (Å²) < 4.78 is 5.09. The molecule has 1 aromatic carbocycles. The fourth-order valence-electron chi connectivity index (χ4n) is 2.74. The number of carbonyl (C=O) groups is 4. The van der Waals surface area contributed by atoms with E-state index in [2.05, 4.69) is 10.6 Å². The number of nitrogens with one attached hydrogen (secondary N) is 2. The Kier molecular flexibility index (Phi) is 7.58. The molecule has 1 heterocycles. The lowest BCUT2D eigenvalue weighted by Crippen LogP contribution is -2.54. The van der Waals surface area contributed by atoms with Crippen LogP contribution in [0.15, 0.2) is 30.3 Å². The lowest BCUT2D eigenvalue weighted by atomic mass is 10.2. The van der Waals surface area contributed by atoms with Gasteiger partial charge in [0.05, 0.1) is 6.54 Å². The summed E-state index contributed by atoms with van der Waals surface area (Å²) >= 11 is 0. The zero-order valence-electron chi connectivity index (χ0n) is 17.1. The van der Waals surface area contributed by atoms with Gasteiger partial charge in [-0.2, -0.15) is 0 Å². The van der Waals surface area contributed by atoms with E-state index >= 15 is 0 Å². The van der Waals surface area contributed by atoms with Crippen LogP contribution in [0, 0.1) is 0 Å². The van der Waals surface area contributed by atoms with Crippen molar-refractivity contribution in [2.45, 2.75) is 26.4 Å². The lowest BCUT2D eigenvalue weighted by Gasteiger charge is -2.35. The Hall–Kier alpha value is -3.10. The van der Waals surface area contributed by atoms with Crippen LogP contribution in [0.5, 0.6) is 0 Å². The SMILES string of the molecule is CC(C)(C)OC(=O)NCC(=O)N1CCN(C(=O)CNC(=O)c2ccccc2)CC1. The summed E-state index contributed by atoms with van der Waals surface area (Å²) in [6, 6.07) is 8.67. The van der Waals surface area contributed by atoms with Gasteiger partial charge in [-0.3, -0.25) is 14.4 Å². The summed E-state index contributed by atoms with van der Waals surface area (Å²) in [4.78, 5) is 51.3. The monoisotopic (exact) mass is 404 g/mol. The Morgan fingerprint density at radius 2 is 1.34 bits per heavy atom. The first-order valence-corrected chi connectivity index (χ1v) is 9.51. The summed E-state index contributed by atoms with van der Waals surface area (Å²) in [5.41, 5.74) is -0.136. The highest BCUT2D eigenvalue weighted by Gasteiger charge is 2.25. The summed E-state index contributed by atoms with van der Waals surface area (Å²) in [5, 5.41) is 5.05. The molecule has 4 amide bonds. The number of amides is 4. The van der Waals surface area contributed by atoms with E-state index < -0.39 is 11.7 Å². The van der Waals surface area contributed by atoms with Crippen molar-refractivity contribution in [3.63, 3.8) is 0 Å². The molecule has 0 aliphatic carbocycles. The molecule has 0 spiro atoms. The molecule has 2 N–H and O–H groups in total. The minimum atomic E-state index is -0.645. The Morgan fingerprint density at radius 1 is 0.862 bits per heavy atom. The topological polar surface area (TPSA) is 108 Å². The molecule has 9 heteroatoms. The predicted octanol–water partition coefficient (Wildman–Crippen LogP) is 0.612. The molecule has 158 valence electrons. The number of ether oxygens (including phenoxy) is 1. The van der Waals surface area contributed by atoms with Crippen LogP contribution >= 0.6 is 0 Å². The maximum atomic E-state index is 12.3. The molecule has 1 aliphatic rings. The third kappa shape index (κ3) is 7.44. The van der Waals surface area contributed by atoms with E-state index in [9.17, 15) is 19.2 Å². The van der Waals surface area contributed by atoms with E-state index in [0.29, 0.717) is 31.7 Å². The van der Waals surface area contributed by atoms with Crippen molar-refractivity contribution in [2.24, 2.45) is 0 Å². The number of hydrogen-bond donors (Lipinski definition) is 2. The molecule has 2 rings (SSSR count). The first-order chi connectivity index (χ1) is 13.7. The van der Waals surface area contributed by atoms with Crippen LogP contribution < -0.4 is 10.6 Å². The average Bonchev–Trinajstić information content (AvgIpc) is 2.69. The van der Waals surface area contributed by atoms with Crippen molar-refractivity contribution in [1.29, 1.82) is 0 Å². The van der Waals surface area contributed by atoms with E-state index in [-0.39, 0.29) is 30.8 Å². The Bertz CT molecular complexity index is 737. The third-order valence-electron chi connectivity index (χ3n) is 4.20. The maximum absolute atomic E-state index is 12.3. The highest BCUT2D eigenvalue weighted by atomic mass is 16.6. The fourth-order valence-corrected chi connectivity index (χ4v) is 2.74. The van der Waals surface area contributed by atoms with Crippen molar-refractivity contribution in [2.75, 3.05) is 39.3 Å². The molecule has 0 radical (unpaired) electrons. The molecule has 1 aromatic rings. The number of nitrogens with zero attached hydrogens (tertiary/aromatic N) is 2. The quantitative estimate of drug-likeness (QED) is 0.748. The van der Waals surface area contributed by atoms with Gasteiger partial charge in [-0.25, -0.2) is 4.79 Å². The Balaban J connectivity index is 1.69. The van der Waals surface area contributed by atoms with E-state index in [1.165, 1.54) is 0 Å². The van der Waals surface area contributed by atoms with Crippen LogP contribution in [-0.4, -0.2) is 78.5 Å². The first-order valence-electron chi connectivity index (χ1n) is 9.51. The van der Waals surface area contributed by atoms with Gasteiger partial charge in [0.2, 0.25) is 11.8 Å². The van der Waals surface area contributed by atoms with Crippen molar-refractivity contribution in [1.82, 2.24) is 20.4 Å². The molecule has 1 fully saturated rings. The van der Waals surface area contributed by atoms with E-state index in [0.717, 1.165) is 0 Å². The van der Waals surface area contributed by atoms with E-state index in [1.54, 1.807) is 54.8 Å². The lowest BCUT2D eigenvalue weighted by molar-refractivity contribution is -0.138. The van der Waals surface area contributed by atoms with Crippen LogP contribution in [0.1, 0.15) is 31.1 Å². The smallest absolute Gasteiger partial charge is 0.408 e. The molecule has 0 saturated carbocycles. The van der Waals surface area contributed by atoms with Crippen molar-refractivity contribution < 1.29 is 23.9 Å². The molecular weight excluding hydrogens is 376 g/mol. The second-order valence-corrected chi connectivity index (χ2v) is 7.67. The zero-order valence-corrected chi connectivity index (χ0v) is 17.1. The summed E-state index contributed by atoms with van der Waals surface area (Å²) in [6.45, 7) is 6.46. The minimum Gasteiger partial charge on any atom is -0.444 e. The fraction of sp³-hybridized carbons (Fsp3) is 0.500. The largest absolute Gasteiger partial charge is 0.444 e. The van der Waals surface area contributed by atoms with Crippen LogP contribution in [0.2, 0.25) is 0 Å². The van der Waals surface area contributed by atoms with Gasteiger partial charge in [0.1, 0.15) is 12.1 Å². The normalized spacial score (nSPS) is 14.2. The standard InChI is InChI=1S/C20H28N4O5/c1-20(2,3)29-19(28)22-14-17(26)24-11-9-23(10-12-24)16(25)13-21-18(27)15-7-5-4-6-8-15/h4-8H,9-14H2,1-3H3,(H,21,27)(H,22,28). The average molecular weight is 404 g/mol. The second kappa shape index (κ2) is 9.90. The van der Waals surface area contributed by atoms with Crippen LogP contribution in [0.3, 0.4) is 0 Å². The maximum Gasteiger partial charge on any atom is 0.408 e. The van der Waals surface area contributed by atoms with E-state index in [1.807, 2.05) is 6.07 Å². The van der Waals surface area contributed by atoms with Gasteiger partial charge in [0, 0.05) is 31.7 Å². The number of carbonyl (C=O) groups excluding carboxylic acids is 4. The number of alkyl carbamates (subject to hydrolysis) is 1. The number of hydrogen-bond acceptors (Lipinski definition) is 5. The summed E-state index contributed by atoms with van der Waals surface area (Å²) in [5.74, 6) is -0.741. The molecule has 9 nitrogen and oxygen atoms in total. The van der Waals surface area contributed by atoms with Crippen molar-refractivity contribution >= 4 is 23.8 Å². The van der Waals surface area contributed by atoms with Gasteiger partial charge in [-0.05, 0) is 32.9 Å². The van der Waals surface area contributed by atoms with Gasteiger partial charge < -0.3 is 25.2 Å². The Morgan fingerprint density at radius 3 is 1.83 bits per heavy atom. The van der Waals surface area contributed by atoms with Crippen LogP contribution in [0.4, 0.5) is 4.79 Å². The van der Waals surface area contributed by atoms with Crippen molar-refractivity contribution in [3.05, 3.63) is 35.9 Å². The molecule has 0 unspecified atom stereocenters. The molecular formula is C20H28N4O5. The molecule has 0 aromatic heterocycles. The van der Waals surface area contributed by atoms with Crippen LogP contribution in [-0.2, 0) is 14.3 Å². The van der Waals surface area contributed by atoms with Gasteiger partial charge >= 0.3 is 6.09 Å². The highest BCUT2D eigenvalue weighted by molar-refractivity contribution is 5.96. The molecule has 0 atom stereocenters.